The molecule has 6 heteroatoms. The van der Waals surface area contributed by atoms with E-state index in [1.165, 1.54) is 0 Å². The van der Waals surface area contributed by atoms with Gasteiger partial charge in [0.05, 0.1) is 5.75 Å². The number of hydrogen-bond acceptors (Lipinski definition) is 4. The third kappa shape index (κ3) is 7.38. The third-order valence-electron chi connectivity index (χ3n) is 2.98. The molecule has 1 fully saturated rings. The summed E-state index contributed by atoms with van der Waals surface area (Å²) < 4.78 is 11.0. The summed E-state index contributed by atoms with van der Waals surface area (Å²) in [4.78, 5) is 11.7. The summed E-state index contributed by atoms with van der Waals surface area (Å²) in [6, 6.07) is 0.120. The summed E-state index contributed by atoms with van der Waals surface area (Å²) in [7, 11) is -0.772. The average molecular weight is 292 g/mol. The number of piperidine rings is 1. The molecule has 0 saturated carbocycles. The predicted molar refractivity (Wildman–Crippen MR) is 79.5 cm³/mol. The fourth-order valence-electron chi connectivity index (χ4n) is 1.89. The predicted octanol–water partition coefficient (Wildman–Crippen LogP) is 0.745. The highest BCUT2D eigenvalue weighted by Crippen LogP contribution is 2.19. The van der Waals surface area contributed by atoms with Crippen LogP contribution in [0.1, 0.15) is 26.2 Å². The van der Waals surface area contributed by atoms with Gasteiger partial charge in [-0.25, -0.2) is 0 Å². The second kappa shape index (κ2) is 8.93. The van der Waals surface area contributed by atoms with E-state index in [2.05, 4.69) is 10.6 Å². The molecule has 0 aromatic carbocycles. The summed E-state index contributed by atoms with van der Waals surface area (Å²) >= 11 is 1.76. The van der Waals surface area contributed by atoms with Crippen molar-refractivity contribution in [3.05, 3.63) is 0 Å². The highest BCUT2D eigenvalue weighted by molar-refractivity contribution is 8.00. The van der Waals surface area contributed by atoms with Crippen LogP contribution in [0.2, 0.25) is 0 Å². The third-order valence-corrected chi connectivity index (χ3v) is 5.16. The molecule has 1 aliphatic heterocycles. The minimum Gasteiger partial charge on any atom is -0.353 e. The molecule has 1 saturated heterocycles. The van der Waals surface area contributed by atoms with Crippen molar-refractivity contribution in [2.24, 2.45) is 0 Å². The van der Waals surface area contributed by atoms with Crippen LogP contribution in [-0.4, -0.2) is 52.3 Å². The maximum Gasteiger partial charge on any atom is 0.230 e. The summed E-state index contributed by atoms with van der Waals surface area (Å²) in [6.45, 7) is 4.11. The first-order valence-corrected chi connectivity index (χ1v) is 9.27. The van der Waals surface area contributed by atoms with Crippen molar-refractivity contribution in [3.63, 3.8) is 0 Å². The van der Waals surface area contributed by atoms with Gasteiger partial charge in [-0.05, 0) is 39.3 Å². The molecular weight excluding hydrogens is 268 g/mol. The fraction of sp³-hybridized carbons (Fsp3) is 0.917. The number of amides is 1. The summed E-state index contributed by atoms with van der Waals surface area (Å²) in [5, 5.41) is 6.90. The minimum absolute atomic E-state index is 0.105. The van der Waals surface area contributed by atoms with Crippen molar-refractivity contribution in [1.29, 1.82) is 0 Å². The van der Waals surface area contributed by atoms with Gasteiger partial charge in [0, 0.05) is 34.1 Å². The molecule has 0 bridgehead atoms. The first-order valence-electron chi connectivity index (χ1n) is 6.49. The van der Waals surface area contributed by atoms with Crippen molar-refractivity contribution < 1.29 is 9.00 Å². The van der Waals surface area contributed by atoms with Crippen LogP contribution in [-0.2, 0) is 15.6 Å². The van der Waals surface area contributed by atoms with Gasteiger partial charge in [0.15, 0.2) is 0 Å². The SMILES string of the molecule is CC(CCS(C)=O)NC(=O)CSC1CCNCC1. The molecule has 0 radical (unpaired) electrons. The Morgan fingerprint density at radius 3 is 2.78 bits per heavy atom. The van der Waals surface area contributed by atoms with E-state index < -0.39 is 10.8 Å². The zero-order valence-electron chi connectivity index (χ0n) is 11.2. The Morgan fingerprint density at radius 1 is 1.50 bits per heavy atom. The topological polar surface area (TPSA) is 58.2 Å². The highest BCUT2D eigenvalue weighted by Gasteiger charge is 2.15. The summed E-state index contributed by atoms with van der Waals surface area (Å²) in [6.07, 6.45) is 4.79. The molecule has 0 spiro atoms. The van der Waals surface area contributed by atoms with E-state index >= 15 is 0 Å². The van der Waals surface area contributed by atoms with Crippen LogP contribution < -0.4 is 10.6 Å². The Kier molecular flexibility index (Phi) is 7.93. The summed E-state index contributed by atoms with van der Waals surface area (Å²) in [5.74, 6) is 1.31. The Bertz CT molecular complexity index is 281. The van der Waals surface area contributed by atoms with E-state index in [-0.39, 0.29) is 11.9 Å². The quantitative estimate of drug-likeness (QED) is 0.727. The molecule has 2 atom stereocenters. The molecule has 1 aliphatic rings. The van der Waals surface area contributed by atoms with Gasteiger partial charge in [0.1, 0.15) is 0 Å². The molecule has 1 rings (SSSR count). The van der Waals surface area contributed by atoms with Gasteiger partial charge >= 0.3 is 0 Å². The lowest BCUT2D eigenvalue weighted by Gasteiger charge is -2.22. The molecule has 4 nitrogen and oxygen atoms in total. The maximum absolute atomic E-state index is 11.7. The van der Waals surface area contributed by atoms with Crippen molar-refractivity contribution in [1.82, 2.24) is 10.6 Å². The number of rotatable bonds is 7. The second-order valence-corrected chi connectivity index (χ2v) is 7.64. The molecule has 0 aliphatic carbocycles. The molecule has 18 heavy (non-hydrogen) atoms. The highest BCUT2D eigenvalue weighted by atomic mass is 32.2. The first kappa shape index (κ1) is 16.0. The molecule has 2 N–H and O–H groups in total. The van der Waals surface area contributed by atoms with Gasteiger partial charge in [0.2, 0.25) is 5.91 Å². The molecule has 0 aromatic rings. The van der Waals surface area contributed by atoms with Gasteiger partial charge in [-0.1, -0.05) is 0 Å². The Balaban J connectivity index is 2.10. The van der Waals surface area contributed by atoms with E-state index in [0.717, 1.165) is 32.4 Å². The zero-order chi connectivity index (χ0) is 13.4. The van der Waals surface area contributed by atoms with Crippen LogP contribution in [0.4, 0.5) is 0 Å². The van der Waals surface area contributed by atoms with Gasteiger partial charge < -0.3 is 10.6 Å². The molecule has 106 valence electrons. The van der Waals surface area contributed by atoms with Gasteiger partial charge in [-0.15, -0.1) is 11.8 Å². The van der Waals surface area contributed by atoms with Crippen LogP contribution >= 0.6 is 11.8 Å². The lowest BCUT2D eigenvalue weighted by atomic mass is 10.2. The van der Waals surface area contributed by atoms with E-state index in [9.17, 15) is 9.00 Å². The van der Waals surface area contributed by atoms with E-state index in [0.29, 0.717) is 16.8 Å². The normalized spacial score (nSPS) is 20.3. The number of thioether (sulfide) groups is 1. The number of nitrogens with one attached hydrogen (secondary N) is 2. The molecule has 1 heterocycles. The number of hydrogen-bond donors (Lipinski definition) is 2. The number of carbonyl (C=O) groups excluding carboxylic acids is 1. The fourth-order valence-corrected chi connectivity index (χ4v) is 3.61. The van der Waals surface area contributed by atoms with E-state index in [4.69, 9.17) is 0 Å². The van der Waals surface area contributed by atoms with Crippen LogP contribution in [0.3, 0.4) is 0 Å². The molecular formula is C12H24N2O2S2. The van der Waals surface area contributed by atoms with Crippen molar-refractivity contribution in [3.8, 4) is 0 Å². The lowest BCUT2D eigenvalue weighted by molar-refractivity contribution is -0.119. The lowest BCUT2D eigenvalue weighted by Crippen LogP contribution is -2.36. The smallest absolute Gasteiger partial charge is 0.230 e. The standard InChI is InChI=1S/C12H24N2O2S2/c1-10(5-8-18(2)16)14-12(15)9-17-11-3-6-13-7-4-11/h10-11,13H,3-9H2,1-2H3,(H,14,15). The molecule has 2 unspecified atom stereocenters. The minimum atomic E-state index is -0.772. The van der Waals surface area contributed by atoms with Crippen molar-refractivity contribution >= 4 is 28.5 Å². The van der Waals surface area contributed by atoms with E-state index in [1.807, 2.05) is 6.92 Å². The monoisotopic (exact) mass is 292 g/mol. The average Bonchev–Trinajstić information content (AvgIpc) is 2.35. The maximum atomic E-state index is 11.7. The van der Waals surface area contributed by atoms with Crippen LogP contribution in [0.5, 0.6) is 0 Å². The largest absolute Gasteiger partial charge is 0.353 e. The first-order chi connectivity index (χ1) is 8.58. The van der Waals surface area contributed by atoms with Crippen molar-refractivity contribution in [2.45, 2.75) is 37.5 Å². The van der Waals surface area contributed by atoms with Gasteiger partial charge in [0.25, 0.3) is 0 Å². The van der Waals surface area contributed by atoms with Crippen LogP contribution in [0.25, 0.3) is 0 Å². The van der Waals surface area contributed by atoms with Crippen molar-refractivity contribution in [2.75, 3.05) is 30.9 Å². The zero-order valence-corrected chi connectivity index (χ0v) is 12.9. The summed E-state index contributed by atoms with van der Waals surface area (Å²) in [5.41, 5.74) is 0. The molecule has 1 amide bonds. The number of carbonyl (C=O) groups is 1. The molecule has 0 aromatic heterocycles. The Hall–Kier alpha value is -0.0700. The van der Waals surface area contributed by atoms with Crippen LogP contribution in [0.15, 0.2) is 0 Å². The second-order valence-electron chi connectivity index (χ2n) is 4.79. The Morgan fingerprint density at radius 2 is 2.17 bits per heavy atom. The van der Waals surface area contributed by atoms with Gasteiger partial charge in [-0.3, -0.25) is 9.00 Å². The van der Waals surface area contributed by atoms with Gasteiger partial charge in [-0.2, -0.15) is 0 Å². The Labute approximate surface area is 117 Å². The van der Waals surface area contributed by atoms with Crippen LogP contribution in [0, 0.1) is 0 Å². The van der Waals surface area contributed by atoms with E-state index in [1.54, 1.807) is 18.0 Å².